The quantitative estimate of drug-likeness (QED) is 0.806. The van der Waals surface area contributed by atoms with Gasteiger partial charge in [0, 0.05) is 28.4 Å². The largest absolute Gasteiger partial charge is 0.387 e. The first kappa shape index (κ1) is 15.5. The molecule has 0 bridgehead atoms. The Labute approximate surface area is 131 Å². The molecule has 0 aliphatic rings. The number of hydrogen-bond donors (Lipinski definition) is 3. The number of aliphatic hydroxyl groups excluding tert-OH is 1. The fourth-order valence-corrected chi connectivity index (χ4v) is 2.13. The Morgan fingerprint density at radius 3 is 2.81 bits per heavy atom. The van der Waals surface area contributed by atoms with Crippen LogP contribution >= 0.6 is 23.2 Å². The lowest BCUT2D eigenvalue weighted by molar-refractivity contribution is 0.175. The molecule has 0 saturated heterocycles. The molecule has 1 unspecified atom stereocenters. The van der Waals surface area contributed by atoms with E-state index >= 15 is 0 Å². The molecule has 1 aromatic heterocycles. The molecule has 6 nitrogen and oxygen atoms in total. The number of nitrogens with one attached hydrogen (secondary N) is 2. The van der Waals surface area contributed by atoms with Gasteiger partial charge in [0.2, 0.25) is 0 Å². The SMILES string of the molecule is O=C(NCC(O)c1ccc(Cl)cc1Cl)Nc1cccnn1. The predicted octanol–water partition coefficient (Wildman–Crippen LogP) is 2.64. The van der Waals surface area contributed by atoms with Crippen molar-refractivity contribution in [3.8, 4) is 0 Å². The third kappa shape index (κ3) is 4.56. The van der Waals surface area contributed by atoms with E-state index in [9.17, 15) is 9.90 Å². The van der Waals surface area contributed by atoms with Crippen molar-refractivity contribution in [2.75, 3.05) is 11.9 Å². The lowest BCUT2D eigenvalue weighted by Gasteiger charge is -2.14. The van der Waals surface area contributed by atoms with Crippen molar-refractivity contribution in [3.63, 3.8) is 0 Å². The Bertz CT molecular complexity index is 625. The first-order chi connectivity index (χ1) is 10.1. The summed E-state index contributed by atoms with van der Waals surface area (Å²) in [5.74, 6) is 0.314. The highest BCUT2D eigenvalue weighted by Crippen LogP contribution is 2.25. The summed E-state index contributed by atoms with van der Waals surface area (Å²) in [5.41, 5.74) is 0.487. The van der Waals surface area contributed by atoms with Crippen molar-refractivity contribution in [3.05, 3.63) is 52.1 Å². The van der Waals surface area contributed by atoms with Crippen LogP contribution in [0.25, 0.3) is 0 Å². The highest BCUT2D eigenvalue weighted by molar-refractivity contribution is 6.35. The molecule has 0 aliphatic carbocycles. The Hall–Kier alpha value is -1.89. The summed E-state index contributed by atoms with van der Waals surface area (Å²) in [7, 11) is 0. The number of nitrogens with zero attached hydrogens (tertiary/aromatic N) is 2. The van der Waals surface area contributed by atoms with Crippen LogP contribution < -0.4 is 10.6 Å². The summed E-state index contributed by atoms with van der Waals surface area (Å²) in [6.07, 6.45) is 0.553. The number of halogens is 2. The van der Waals surface area contributed by atoms with Crippen molar-refractivity contribution in [2.45, 2.75) is 6.10 Å². The molecule has 0 radical (unpaired) electrons. The maximum atomic E-state index is 11.6. The van der Waals surface area contributed by atoms with Crippen molar-refractivity contribution in [2.24, 2.45) is 0 Å². The predicted molar refractivity (Wildman–Crippen MR) is 80.5 cm³/mol. The minimum absolute atomic E-state index is 0.00650. The summed E-state index contributed by atoms with van der Waals surface area (Å²) in [6.45, 7) is -0.00650. The van der Waals surface area contributed by atoms with E-state index in [1.807, 2.05) is 0 Å². The molecule has 2 aromatic rings. The topological polar surface area (TPSA) is 87.1 Å². The number of benzene rings is 1. The number of aromatic nitrogens is 2. The van der Waals surface area contributed by atoms with Crippen molar-refractivity contribution < 1.29 is 9.90 Å². The van der Waals surface area contributed by atoms with E-state index in [4.69, 9.17) is 23.2 Å². The lowest BCUT2D eigenvalue weighted by atomic mass is 10.1. The van der Waals surface area contributed by atoms with Gasteiger partial charge in [0.15, 0.2) is 5.82 Å². The maximum absolute atomic E-state index is 11.6. The maximum Gasteiger partial charge on any atom is 0.320 e. The van der Waals surface area contributed by atoms with Gasteiger partial charge in [-0.05, 0) is 24.3 Å². The molecule has 1 heterocycles. The highest BCUT2D eigenvalue weighted by Gasteiger charge is 2.13. The van der Waals surface area contributed by atoms with E-state index in [1.165, 1.54) is 12.3 Å². The number of urea groups is 1. The number of anilines is 1. The van der Waals surface area contributed by atoms with Gasteiger partial charge in [0.25, 0.3) is 0 Å². The molecule has 2 amide bonds. The van der Waals surface area contributed by atoms with Crippen LogP contribution in [0.3, 0.4) is 0 Å². The van der Waals surface area contributed by atoms with Crippen LogP contribution in [-0.2, 0) is 0 Å². The Morgan fingerprint density at radius 1 is 1.33 bits per heavy atom. The van der Waals surface area contributed by atoms with Gasteiger partial charge in [-0.15, -0.1) is 5.10 Å². The normalized spacial score (nSPS) is 11.8. The third-order valence-corrected chi connectivity index (χ3v) is 3.15. The minimum atomic E-state index is -0.942. The number of carbonyl (C=O) groups is 1. The first-order valence-corrected chi connectivity index (χ1v) is 6.77. The molecule has 1 atom stereocenters. The number of carbonyl (C=O) groups excluding carboxylic acids is 1. The summed E-state index contributed by atoms with van der Waals surface area (Å²) in [4.78, 5) is 11.6. The molecule has 21 heavy (non-hydrogen) atoms. The summed E-state index contributed by atoms with van der Waals surface area (Å²) in [5, 5.41) is 23.2. The van der Waals surface area contributed by atoms with E-state index < -0.39 is 12.1 Å². The smallest absolute Gasteiger partial charge is 0.320 e. The number of hydrogen-bond acceptors (Lipinski definition) is 4. The van der Waals surface area contributed by atoms with E-state index in [1.54, 1.807) is 24.3 Å². The zero-order valence-electron chi connectivity index (χ0n) is 10.8. The fraction of sp³-hybridized carbons (Fsp3) is 0.154. The fourth-order valence-electron chi connectivity index (χ4n) is 1.60. The van der Waals surface area contributed by atoms with Crippen LogP contribution in [0.5, 0.6) is 0 Å². The Morgan fingerprint density at radius 2 is 2.14 bits per heavy atom. The monoisotopic (exact) mass is 326 g/mol. The van der Waals surface area contributed by atoms with E-state index in [0.717, 1.165) is 0 Å². The molecule has 0 fully saturated rings. The molecule has 2 rings (SSSR count). The molecule has 8 heteroatoms. The molecular weight excluding hydrogens is 315 g/mol. The summed E-state index contributed by atoms with van der Waals surface area (Å²) in [6, 6.07) is 7.49. The lowest BCUT2D eigenvalue weighted by Crippen LogP contribution is -2.32. The first-order valence-electron chi connectivity index (χ1n) is 6.02. The average molecular weight is 327 g/mol. The number of rotatable bonds is 4. The van der Waals surface area contributed by atoms with Gasteiger partial charge in [-0.3, -0.25) is 5.32 Å². The molecule has 0 saturated carbocycles. The van der Waals surface area contributed by atoms with E-state index in [2.05, 4.69) is 20.8 Å². The molecule has 0 aliphatic heterocycles. The van der Waals surface area contributed by atoms with Crippen molar-refractivity contribution in [1.82, 2.24) is 15.5 Å². The minimum Gasteiger partial charge on any atom is -0.387 e. The molecule has 1 aromatic carbocycles. The van der Waals surface area contributed by atoms with Gasteiger partial charge in [-0.25, -0.2) is 4.79 Å². The van der Waals surface area contributed by atoms with Gasteiger partial charge < -0.3 is 10.4 Å². The zero-order valence-corrected chi connectivity index (χ0v) is 12.3. The second-order valence-electron chi connectivity index (χ2n) is 4.13. The Balaban J connectivity index is 1.89. The second kappa shape index (κ2) is 7.21. The molecule has 110 valence electrons. The van der Waals surface area contributed by atoms with E-state index in [0.29, 0.717) is 21.4 Å². The number of amides is 2. The highest BCUT2D eigenvalue weighted by atomic mass is 35.5. The molecular formula is C13H12Cl2N4O2. The van der Waals surface area contributed by atoms with Gasteiger partial charge in [-0.1, -0.05) is 29.3 Å². The number of aliphatic hydroxyl groups is 1. The van der Waals surface area contributed by atoms with E-state index in [-0.39, 0.29) is 6.54 Å². The summed E-state index contributed by atoms with van der Waals surface area (Å²) < 4.78 is 0. The zero-order chi connectivity index (χ0) is 15.2. The standard InChI is InChI=1S/C13H12Cl2N4O2/c14-8-3-4-9(10(15)6-8)11(20)7-16-13(21)18-12-2-1-5-17-19-12/h1-6,11,20H,7H2,(H2,16,18,19,21). The molecule has 0 spiro atoms. The van der Waals surface area contributed by atoms with Crippen LogP contribution in [0, 0.1) is 0 Å². The van der Waals surface area contributed by atoms with Crippen LogP contribution in [0.2, 0.25) is 10.0 Å². The van der Waals surface area contributed by atoms with Crippen molar-refractivity contribution >= 4 is 35.1 Å². The van der Waals surface area contributed by atoms with Gasteiger partial charge >= 0.3 is 6.03 Å². The third-order valence-electron chi connectivity index (χ3n) is 2.59. The van der Waals surface area contributed by atoms with Crippen LogP contribution in [0.15, 0.2) is 36.5 Å². The van der Waals surface area contributed by atoms with Crippen LogP contribution in [0.4, 0.5) is 10.6 Å². The second-order valence-corrected chi connectivity index (χ2v) is 4.97. The van der Waals surface area contributed by atoms with Gasteiger partial charge in [-0.2, -0.15) is 5.10 Å². The molecule has 3 N–H and O–H groups in total. The summed E-state index contributed by atoms with van der Waals surface area (Å²) >= 11 is 11.8. The van der Waals surface area contributed by atoms with Crippen LogP contribution in [0.1, 0.15) is 11.7 Å². The van der Waals surface area contributed by atoms with Crippen LogP contribution in [-0.4, -0.2) is 27.9 Å². The van der Waals surface area contributed by atoms with Gasteiger partial charge in [0.05, 0.1) is 6.10 Å². The Kier molecular flexibility index (Phi) is 5.32. The van der Waals surface area contributed by atoms with Crippen molar-refractivity contribution in [1.29, 1.82) is 0 Å². The van der Waals surface area contributed by atoms with Gasteiger partial charge in [0.1, 0.15) is 0 Å². The average Bonchev–Trinajstić information content (AvgIpc) is 2.46.